The molecule has 2 amide bonds. The molecule has 39 heavy (non-hydrogen) atoms. The fraction of sp³-hybridized carbons (Fsp3) is 0.308. The van der Waals surface area contributed by atoms with Crippen LogP contribution >= 0.6 is 23.5 Å². The first-order chi connectivity index (χ1) is 18.5. The molecule has 3 aromatic carbocycles. The lowest BCUT2D eigenvalue weighted by atomic mass is 9.95. The van der Waals surface area contributed by atoms with E-state index in [1.54, 1.807) is 30.0 Å². The number of rotatable bonds is 11. The van der Waals surface area contributed by atoms with Crippen molar-refractivity contribution in [3.05, 3.63) is 64.7 Å². The summed E-state index contributed by atoms with van der Waals surface area (Å²) in [5, 5.41) is 0.700. The molecule has 0 saturated carbocycles. The molecule has 6 nitrogen and oxygen atoms in total. The van der Waals surface area contributed by atoms with Gasteiger partial charge in [-0.25, -0.2) is 17.6 Å². The minimum Gasteiger partial charge on any atom is -0.266 e. The van der Waals surface area contributed by atoms with Crippen LogP contribution in [-0.2, 0) is 14.4 Å². The van der Waals surface area contributed by atoms with Crippen molar-refractivity contribution >= 4 is 56.2 Å². The van der Waals surface area contributed by atoms with Crippen molar-refractivity contribution in [3.63, 3.8) is 0 Å². The molecule has 13 heteroatoms. The fourth-order valence-corrected chi connectivity index (χ4v) is 6.87. The quantitative estimate of drug-likeness (QED) is 0.0763. The number of unbranched alkanes of at least 4 members (excludes halogenated alkanes) is 4. The molecule has 0 unspecified atom stereocenters. The van der Waals surface area contributed by atoms with Gasteiger partial charge in [0.2, 0.25) is 0 Å². The highest BCUT2D eigenvalue weighted by atomic mass is 32.2. The predicted octanol–water partition coefficient (Wildman–Crippen LogP) is 7.10. The number of carbonyl (C=O) groups excluding carboxylic acids is 2. The Bertz CT molecular complexity index is 1530. The van der Waals surface area contributed by atoms with Crippen LogP contribution in [0.15, 0.2) is 45.0 Å². The minimum atomic E-state index is -5.72. The maximum absolute atomic E-state index is 14.5. The Morgan fingerprint density at radius 1 is 0.846 bits per heavy atom. The van der Waals surface area contributed by atoms with Crippen LogP contribution in [0.3, 0.4) is 0 Å². The lowest BCUT2D eigenvalue weighted by molar-refractivity contribution is -0.0159. The van der Waals surface area contributed by atoms with Crippen LogP contribution < -0.4 is 0 Å². The Morgan fingerprint density at radius 2 is 1.46 bits per heavy atom. The van der Waals surface area contributed by atoms with E-state index in [1.807, 2.05) is 0 Å². The number of nitrogens with zero attached hydrogens (tertiary/aromatic N) is 1. The second-order valence-electron chi connectivity index (χ2n) is 8.65. The van der Waals surface area contributed by atoms with Crippen molar-refractivity contribution < 1.29 is 39.9 Å². The number of imide groups is 1. The molecule has 0 aliphatic carbocycles. The summed E-state index contributed by atoms with van der Waals surface area (Å²) in [6, 6.07) is 7.66. The predicted molar refractivity (Wildman–Crippen MR) is 140 cm³/mol. The van der Waals surface area contributed by atoms with Gasteiger partial charge in [0.05, 0.1) is 16.0 Å². The molecule has 0 N–H and O–H groups in total. The first-order valence-electron chi connectivity index (χ1n) is 12.0. The van der Waals surface area contributed by atoms with E-state index in [4.69, 9.17) is 0 Å². The minimum absolute atomic E-state index is 0.0845. The number of amides is 2. The normalized spacial score (nSPS) is 13.5. The van der Waals surface area contributed by atoms with Crippen LogP contribution in [0.25, 0.3) is 10.8 Å². The molecule has 0 aromatic heterocycles. The monoisotopic (exact) mass is 601 g/mol. The number of hydrogen-bond acceptors (Lipinski definition) is 7. The topological polar surface area (TPSA) is 80.8 Å². The molecule has 1 heterocycles. The van der Waals surface area contributed by atoms with Gasteiger partial charge in [0.25, 0.3) is 11.8 Å². The molecular weight excluding hydrogens is 578 g/mol. The zero-order chi connectivity index (χ0) is 28.5. The summed E-state index contributed by atoms with van der Waals surface area (Å²) in [4.78, 5) is 24.0. The zero-order valence-electron chi connectivity index (χ0n) is 20.9. The van der Waals surface area contributed by atoms with Crippen molar-refractivity contribution in [1.82, 2.24) is 5.06 Å². The molecule has 1 aliphatic heterocycles. The van der Waals surface area contributed by atoms with Gasteiger partial charge >= 0.3 is 10.1 Å². The first kappa shape index (κ1) is 29.4. The van der Waals surface area contributed by atoms with Gasteiger partial charge in [0.1, 0.15) is 0 Å². The van der Waals surface area contributed by atoms with Crippen molar-refractivity contribution in [2.75, 3.05) is 12.0 Å². The summed E-state index contributed by atoms with van der Waals surface area (Å²) < 4.78 is 87.7. The number of hydrogen-bond donors (Lipinski definition) is 0. The largest absolute Gasteiger partial charge is 0.324 e. The van der Waals surface area contributed by atoms with Gasteiger partial charge in [0, 0.05) is 10.3 Å². The molecule has 0 radical (unpaired) electrons. The Hall–Kier alpha value is -2.61. The van der Waals surface area contributed by atoms with Crippen molar-refractivity contribution in [2.24, 2.45) is 0 Å². The number of carbonyl (C=O) groups is 2. The van der Waals surface area contributed by atoms with Gasteiger partial charge in [0.15, 0.2) is 28.2 Å². The average molecular weight is 602 g/mol. The van der Waals surface area contributed by atoms with Gasteiger partial charge in [-0.15, -0.1) is 32.9 Å². The molecule has 0 fully saturated rings. The second kappa shape index (κ2) is 11.9. The third-order valence-corrected chi connectivity index (χ3v) is 9.28. The van der Waals surface area contributed by atoms with Crippen molar-refractivity contribution in [2.45, 2.75) is 53.7 Å². The lowest BCUT2D eigenvalue weighted by Gasteiger charge is -2.26. The van der Waals surface area contributed by atoms with Gasteiger partial charge in [-0.05, 0) is 42.0 Å². The maximum Gasteiger partial charge on any atom is 0.324 e. The molecule has 1 aliphatic rings. The highest BCUT2D eigenvalue weighted by Crippen LogP contribution is 2.38. The van der Waals surface area contributed by atoms with E-state index < -0.39 is 55.0 Å². The number of halogens is 4. The van der Waals surface area contributed by atoms with Crippen LogP contribution in [0.4, 0.5) is 17.6 Å². The Kier molecular flexibility index (Phi) is 8.94. The standard InChI is InChI=1S/C26H23F4NO5S3/c1-3-4-5-6-7-13-38-17-12-11-16-18-14(17)9-8-10-15(18)25(32)31(26(16)33)36-39(34,35)24-21(29)19(27)23(37-2)20(28)22(24)30/h8-12H,3-7,13H2,1-2H3. The summed E-state index contributed by atoms with van der Waals surface area (Å²) in [5.41, 5.74) is -0.169. The van der Waals surface area contributed by atoms with Gasteiger partial charge in [-0.1, -0.05) is 44.7 Å². The summed E-state index contributed by atoms with van der Waals surface area (Å²) in [6.45, 7) is 2.13. The van der Waals surface area contributed by atoms with E-state index in [-0.39, 0.29) is 21.6 Å². The van der Waals surface area contributed by atoms with E-state index in [0.29, 0.717) is 17.1 Å². The highest BCUT2D eigenvalue weighted by molar-refractivity contribution is 7.99. The zero-order valence-corrected chi connectivity index (χ0v) is 23.3. The second-order valence-corrected chi connectivity index (χ2v) is 12.1. The Morgan fingerprint density at radius 3 is 2.08 bits per heavy atom. The van der Waals surface area contributed by atoms with E-state index in [0.717, 1.165) is 49.0 Å². The lowest BCUT2D eigenvalue weighted by Crippen LogP contribution is -2.42. The van der Waals surface area contributed by atoms with Crippen LogP contribution in [0.2, 0.25) is 0 Å². The fourth-order valence-electron chi connectivity index (χ4n) is 4.25. The third-order valence-electron chi connectivity index (χ3n) is 6.15. The average Bonchev–Trinajstić information content (AvgIpc) is 2.91. The van der Waals surface area contributed by atoms with Gasteiger partial charge in [-0.3, -0.25) is 9.59 Å². The number of benzene rings is 3. The Balaban J connectivity index is 1.67. The van der Waals surface area contributed by atoms with Crippen molar-refractivity contribution in [3.8, 4) is 0 Å². The highest BCUT2D eigenvalue weighted by Gasteiger charge is 2.41. The maximum atomic E-state index is 14.5. The van der Waals surface area contributed by atoms with E-state index in [2.05, 4.69) is 11.2 Å². The molecule has 208 valence electrons. The van der Waals surface area contributed by atoms with Crippen molar-refractivity contribution in [1.29, 1.82) is 0 Å². The van der Waals surface area contributed by atoms with Crippen LogP contribution in [0.5, 0.6) is 0 Å². The summed E-state index contributed by atoms with van der Waals surface area (Å²) >= 11 is 1.88. The molecule has 0 bridgehead atoms. The van der Waals surface area contributed by atoms with Crippen LogP contribution in [-0.4, -0.2) is 37.3 Å². The summed E-state index contributed by atoms with van der Waals surface area (Å²) in [7, 11) is -5.72. The number of hydroxylamine groups is 2. The molecule has 4 rings (SSSR count). The van der Waals surface area contributed by atoms with E-state index in [1.165, 1.54) is 12.1 Å². The molecule has 3 aromatic rings. The summed E-state index contributed by atoms with van der Waals surface area (Å²) in [5.74, 6) is -10.0. The van der Waals surface area contributed by atoms with Crippen LogP contribution in [0.1, 0.15) is 59.7 Å². The van der Waals surface area contributed by atoms with Gasteiger partial charge in [-0.2, -0.15) is 8.42 Å². The third kappa shape index (κ3) is 5.41. The van der Waals surface area contributed by atoms with E-state index >= 15 is 0 Å². The Labute approximate surface area is 231 Å². The smallest absolute Gasteiger partial charge is 0.266 e. The number of thioether (sulfide) groups is 2. The molecule has 0 atom stereocenters. The summed E-state index contributed by atoms with van der Waals surface area (Å²) in [6.07, 6.45) is 6.62. The molecule has 0 saturated heterocycles. The molecule has 0 spiro atoms. The molecular formula is C26H23F4NO5S3. The van der Waals surface area contributed by atoms with Gasteiger partial charge < -0.3 is 0 Å². The van der Waals surface area contributed by atoms with E-state index in [9.17, 15) is 35.6 Å². The van der Waals surface area contributed by atoms with Crippen LogP contribution in [0, 0.1) is 23.3 Å². The SMILES string of the molecule is CCCCCCCSc1ccc2c3c(cccc13)C(=O)N(OS(=O)(=O)c1c(F)c(F)c(SC)c(F)c1F)C2=O. The first-order valence-corrected chi connectivity index (χ1v) is 15.6.